The molecule has 10 nitrogen and oxygen atoms in total. The lowest BCUT2D eigenvalue weighted by atomic mass is 9.96. The molecule has 2 unspecified atom stereocenters. The Balaban J connectivity index is 1.52. The number of ether oxygens (including phenoxy) is 1. The van der Waals surface area contributed by atoms with Crippen LogP contribution in [-0.2, 0) is 17.8 Å². The number of para-hydroxylation sites is 2. The molecule has 0 radical (unpaired) electrons. The maximum absolute atomic E-state index is 13.2. The van der Waals surface area contributed by atoms with Gasteiger partial charge in [0.15, 0.2) is 0 Å². The number of carbonyl (C=O) groups is 3. The third kappa shape index (κ3) is 3.38. The molecule has 2 aliphatic rings. The zero-order valence-electron chi connectivity index (χ0n) is 21.5. The van der Waals surface area contributed by atoms with Crippen molar-refractivity contribution in [1.82, 2.24) is 24.7 Å². The quantitative estimate of drug-likeness (QED) is 0.311. The van der Waals surface area contributed by atoms with E-state index in [1.165, 1.54) is 0 Å². The van der Waals surface area contributed by atoms with Gasteiger partial charge in [0.05, 0.1) is 35.2 Å². The summed E-state index contributed by atoms with van der Waals surface area (Å²) < 4.78 is 9.82. The van der Waals surface area contributed by atoms with Crippen LogP contribution < -0.4 is 10.6 Å². The second-order valence-corrected chi connectivity index (χ2v) is 10.5. The molecule has 0 saturated heterocycles. The molecule has 2 aliphatic heterocycles. The van der Waals surface area contributed by atoms with E-state index >= 15 is 0 Å². The van der Waals surface area contributed by atoms with Gasteiger partial charge in [0, 0.05) is 45.7 Å². The van der Waals surface area contributed by atoms with Gasteiger partial charge in [-0.2, -0.15) is 0 Å². The number of aromatic nitrogens is 2. The zero-order valence-corrected chi connectivity index (χ0v) is 21.5. The number of rotatable bonds is 4. The molecule has 3 amide bonds. The average Bonchev–Trinajstić information content (AvgIpc) is 3.50. The van der Waals surface area contributed by atoms with E-state index < -0.39 is 30.1 Å². The molecule has 2 atom stereocenters. The fourth-order valence-electron chi connectivity index (χ4n) is 6.20. The number of carbonyl (C=O) groups excluding carboxylic acids is 3. The van der Waals surface area contributed by atoms with Crippen LogP contribution in [0, 0.1) is 0 Å². The summed E-state index contributed by atoms with van der Waals surface area (Å²) in [5.41, 5.74) is 3.92. The predicted molar refractivity (Wildman–Crippen MR) is 147 cm³/mol. The van der Waals surface area contributed by atoms with Gasteiger partial charge in [0.25, 0.3) is 11.8 Å². The molecule has 0 spiro atoms. The van der Waals surface area contributed by atoms with Crippen LogP contribution >= 0.6 is 0 Å². The third-order valence-electron chi connectivity index (χ3n) is 7.85. The van der Waals surface area contributed by atoms with E-state index in [0.717, 1.165) is 32.8 Å². The van der Waals surface area contributed by atoms with Crippen molar-refractivity contribution >= 4 is 61.5 Å². The smallest absolute Gasteiger partial charge is 0.407 e. The molecule has 5 aromatic rings. The molecule has 0 fully saturated rings. The van der Waals surface area contributed by atoms with Crippen molar-refractivity contribution in [2.45, 2.75) is 25.3 Å². The number of alkyl carbamates (subject to hydrolysis) is 1. The molecular formula is C29H27N5O5. The summed E-state index contributed by atoms with van der Waals surface area (Å²) in [6.45, 7) is 1.38. The maximum atomic E-state index is 13.2. The monoisotopic (exact) mass is 525 g/mol. The summed E-state index contributed by atoms with van der Waals surface area (Å²) in [7, 11) is 3.83. The molecule has 10 heteroatoms. The number of aliphatic hydroxyl groups excluding tert-OH is 1. The molecule has 3 aromatic carbocycles. The lowest BCUT2D eigenvalue weighted by Crippen LogP contribution is -2.42. The Bertz CT molecular complexity index is 1870. The topological polar surface area (TPSA) is 118 Å². The minimum Gasteiger partial charge on any atom is -0.441 e. The highest BCUT2D eigenvalue weighted by Crippen LogP contribution is 2.45. The van der Waals surface area contributed by atoms with Gasteiger partial charge in [0.2, 0.25) is 0 Å². The van der Waals surface area contributed by atoms with Gasteiger partial charge in [-0.3, -0.25) is 14.9 Å². The summed E-state index contributed by atoms with van der Waals surface area (Å²) in [5.74, 6) is -0.846. The highest BCUT2D eigenvalue weighted by Gasteiger charge is 2.39. The van der Waals surface area contributed by atoms with Gasteiger partial charge in [-0.15, -0.1) is 0 Å². The van der Waals surface area contributed by atoms with Crippen LogP contribution in [0.25, 0.3) is 43.6 Å². The molecular weight excluding hydrogens is 498 g/mol. The number of hydrogen-bond acceptors (Lipinski definition) is 6. The highest BCUT2D eigenvalue weighted by molar-refractivity contribution is 6.39. The molecule has 0 bridgehead atoms. The molecule has 39 heavy (non-hydrogen) atoms. The molecule has 7 rings (SSSR count). The molecule has 3 N–H and O–H groups in total. The van der Waals surface area contributed by atoms with Crippen LogP contribution in [0.2, 0.25) is 0 Å². The predicted octanol–water partition coefficient (Wildman–Crippen LogP) is 2.82. The van der Waals surface area contributed by atoms with Crippen LogP contribution in [0.3, 0.4) is 0 Å². The van der Waals surface area contributed by atoms with E-state index in [1.807, 2.05) is 76.7 Å². The number of nitrogens with zero attached hydrogens (tertiary/aromatic N) is 3. The first-order valence-electron chi connectivity index (χ1n) is 13.0. The number of amides is 3. The van der Waals surface area contributed by atoms with E-state index in [0.29, 0.717) is 35.0 Å². The molecule has 2 aromatic heterocycles. The first kappa shape index (κ1) is 23.7. The van der Waals surface area contributed by atoms with Gasteiger partial charge in [-0.25, -0.2) is 4.79 Å². The van der Waals surface area contributed by atoms with E-state index in [-0.39, 0.29) is 13.1 Å². The summed E-state index contributed by atoms with van der Waals surface area (Å²) in [6, 6.07) is 15.3. The number of aliphatic hydroxyl groups is 1. The molecule has 0 saturated carbocycles. The first-order valence-corrected chi connectivity index (χ1v) is 13.0. The van der Waals surface area contributed by atoms with Gasteiger partial charge >= 0.3 is 6.09 Å². The second kappa shape index (κ2) is 8.55. The van der Waals surface area contributed by atoms with Gasteiger partial charge in [-0.1, -0.05) is 36.4 Å². The Kier molecular flexibility index (Phi) is 5.19. The summed E-state index contributed by atoms with van der Waals surface area (Å²) in [6.07, 6.45) is -2.50. The van der Waals surface area contributed by atoms with Crippen molar-refractivity contribution in [3.05, 3.63) is 59.7 Å². The molecule has 4 heterocycles. The summed E-state index contributed by atoms with van der Waals surface area (Å²) >= 11 is 0. The minimum absolute atomic E-state index is 0.143. The van der Waals surface area contributed by atoms with Crippen LogP contribution in [0.4, 0.5) is 4.79 Å². The Morgan fingerprint density at radius 3 is 2.05 bits per heavy atom. The Morgan fingerprint density at radius 2 is 1.49 bits per heavy atom. The Hall–Kier alpha value is -4.41. The number of likely N-dealkylation sites (N-methyl/N-ethyl adjacent to an activating group) is 1. The standard InChI is InChI=1S/C29H27N5O5/c1-32(2)12-11-30-29(38)39-20-14-34-18-10-6-4-8-16(18)22-24-23(27(36)31-28(24)37)21-15-7-3-5-9-17(15)33(13-19(20)35)25(21)26(22)34/h3-10,19-20,35H,11-14H2,1-2H3,(H,30,38)(H,31,36,37). The van der Waals surface area contributed by atoms with E-state index in [9.17, 15) is 19.5 Å². The fourth-order valence-corrected chi connectivity index (χ4v) is 6.20. The third-order valence-corrected chi connectivity index (χ3v) is 7.85. The lowest BCUT2D eigenvalue weighted by molar-refractivity contribution is -0.0123. The van der Waals surface area contributed by atoms with Crippen LogP contribution in [0.15, 0.2) is 48.5 Å². The normalized spacial score (nSPS) is 18.8. The number of fused-ring (bicyclic) bond motifs is 9. The van der Waals surface area contributed by atoms with Gasteiger partial charge in [-0.05, 0) is 26.2 Å². The number of hydrogen-bond donors (Lipinski definition) is 3. The Morgan fingerprint density at radius 1 is 0.949 bits per heavy atom. The van der Waals surface area contributed by atoms with Gasteiger partial charge in [0.1, 0.15) is 12.2 Å². The Labute approximate surface area is 222 Å². The van der Waals surface area contributed by atoms with Gasteiger partial charge < -0.3 is 29.2 Å². The second-order valence-electron chi connectivity index (χ2n) is 10.5. The SMILES string of the molecule is CN(C)CCNC(=O)OC1Cn2c3ccccc3c3c4c(c5c6ccccc6n(c5c32)CC1O)C(=O)NC4=O. The highest BCUT2D eigenvalue weighted by atomic mass is 16.6. The summed E-state index contributed by atoms with van der Waals surface area (Å²) in [5, 5.41) is 19.7. The maximum Gasteiger partial charge on any atom is 0.407 e. The average molecular weight is 526 g/mol. The molecule has 0 aliphatic carbocycles. The van der Waals surface area contributed by atoms with Crippen molar-refractivity contribution in [1.29, 1.82) is 0 Å². The van der Waals surface area contributed by atoms with Crippen molar-refractivity contribution in [3.63, 3.8) is 0 Å². The van der Waals surface area contributed by atoms with E-state index in [2.05, 4.69) is 10.6 Å². The van der Waals surface area contributed by atoms with Crippen LogP contribution in [0.1, 0.15) is 20.7 Å². The number of imide groups is 1. The van der Waals surface area contributed by atoms with E-state index in [4.69, 9.17) is 4.74 Å². The number of nitrogens with one attached hydrogen (secondary N) is 2. The zero-order chi connectivity index (χ0) is 27.0. The largest absolute Gasteiger partial charge is 0.441 e. The van der Waals surface area contributed by atoms with Crippen LogP contribution in [-0.4, -0.2) is 76.4 Å². The number of benzene rings is 3. The minimum atomic E-state index is -1.03. The van der Waals surface area contributed by atoms with Crippen molar-refractivity contribution < 1.29 is 24.2 Å². The lowest BCUT2D eigenvalue weighted by Gasteiger charge is -2.28. The fraction of sp³-hybridized carbons (Fsp3) is 0.276. The molecule has 198 valence electrons. The summed E-state index contributed by atoms with van der Waals surface area (Å²) in [4.78, 5) is 41.1. The first-order chi connectivity index (χ1) is 18.8. The van der Waals surface area contributed by atoms with Crippen LogP contribution in [0.5, 0.6) is 0 Å². The van der Waals surface area contributed by atoms with E-state index in [1.54, 1.807) is 0 Å². The van der Waals surface area contributed by atoms with Crippen molar-refractivity contribution in [2.75, 3.05) is 27.2 Å². The van der Waals surface area contributed by atoms with Crippen molar-refractivity contribution in [2.24, 2.45) is 0 Å². The van der Waals surface area contributed by atoms with Crippen molar-refractivity contribution in [3.8, 4) is 0 Å².